The van der Waals surface area contributed by atoms with E-state index in [-0.39, 0.29) is 95.0 Å². The summed E-state index contributed by atoms with van der Waals surface area (Å²) in [6, 6.07) is 15.0. The zero-order valence-electron chi connectivity index (χ0n) is 39.5. The molecule has 1 aliphatic heterocycles. The molecule has 1 saturated carbocycles. The molecule has 0 radical (unpaired) electrons. The maximum absolute atomic E-state index is 14.4. The third-order valence-electron chi connectivity index (χ3n) is 12.7. The number of hydrogen-bond acceptors (Lipinski definition) is 16. The Morgan fingerprint density at radius 1 is 0.971 bits per heavy atom. The molecule has 4 N–H and O–H groups in total. The minimum Gasteiger partial charge on any atom is -0.497 e. The Balaban J connectivity index is 1.54. The van der Waals surface area contributed by atoms with Crippen LogP contribution in [0.4, 0.5) is 21.0 Å². The number of oxime groups is 1. The topological polar surface area (TPSA) is 239 Å². The van der Waals surface area contributed by atoms with Crippen molar-refractivity contribution in [2.45, 2.75) is 69.3 Å². The Bertz CT molecular complexity index is 2300. The van der Waals surface area contributed by atoms with Crippen molar-refractivity contribution >= 4 is 40.9 Å². The molecule has 6 rings (SSSR count). The lowest BCUT2D eigenvalue weighted by Gasteiger charge is -2.59. The predicted octanol–water partition coefficient (Wildman–Crippen LogP) is 7.74. The van der Waals surface area contributed by atoms with Crippen LogP contribution >= 0.6 is 11.6 Å². The van der Waals surface area contributed by atoms with Crippen LogP contribution in [0, 0.1) is 27.9 Å². The van der Waals surface area contributed by atoms with Gasteiger partial charge in [-0.25, -0.2) is 9.59 Å². The number of nitrogens with one attached hydrogen (secondary N) is 1. The Morgan fingerprint density at radius 2 is 1.73 bits per heavy atom. The van der Waals surface area contributed by atoms with Gasteiger partial charge in [-0.05, 0) is 91.1 Å². The second-order valence-corrected chi connectivity index (χ2v) is 17.3. The van der Waals surface area contributed by atoms with E-state index in [2.05, 4.69) is 18.0 Å². The molecule has 2 amide bonds. The number of allylic oxidation sites excluding steroid dienone is 1. The summed E-state index contributed by atoms with van der Waals surface area (Å²) in [5, 5.41) is 48.4. The number of anilines is 1. The number of carbonyl (C=O) groups excluding carboxylic acids is 2. The van der Waals surface area contributed by atoms with E-state index in [1.54, 1.807) is 54.6 Å². The Labute approximate surface area is 412 Å². The van der Waals surface area contributed by atoms with Gasteiger partial charge in [-0.3, -0.25) is 20.3 Å². The fraction of sp³-hybridized carbons (Fsp3) is 0.500. The van der Waals surface area contributed by atoms with E-state index in [9.17, 15) is 35.0 Å². The van der Waals surface area contributed by atoms with Crippen LogP contribution in [0.15, 0.2) is 90.1 Å². The molecule has 3 aliphatic rings. The number of amides is 2. The van der Waals surface area contributed by atoms with Crippen LogP contribution in [-0.4, -0.2) is 128 Å². The van der Waals surface area contributed by atoms with E-state index < -0.39 is 40.8 Å². The number of nitrogens with zero attached hydrogens (tertiary/aromatic N) is 3. The van der Waals surface area contributed by atoms with E-state index in [1.165, 1.54) is 31.3 Å². The van der Waals surface area contributed by atoms with Crippen LogP contribution in [0.2, 0.25) is 0 Å². The molecule has 3 aromatic rings. The highest BCUT2D eigenvalue weighted by atomic mass is 35.5. The molecule has 2 aliphatic carbocycles. The molecule has 380 valence electrons. The van der Waals surface area contributed by atoms with Gasteiger partial charge in [0, 0.05) is 55.9 Å². The summed E-state index contributed by atoms with van der Waals surface area (Å²) in [7, 11) is 2.99. The molecule has 1 heterocycles. The first-order valence-corrected chi connectivity index (χ1v) is 23.9. The summed E-state index contributed by atoms with van der Waals surface area (Å²) in [5.41, 5.74) is 2.79. The van der Waals surface area contributed by atoms with Crippen LogP contribution in [-0.2, 0) is 25.7 Å². The van der Waals surface area contributed by atoms with Gasteiger partial charge in [0.1, 0.15) is 42.3 Å². The largest absolute Gasteiger partial charge is 0.497 e. The number of non-ortho nitro benzene ring substituents is 1. The first-order valence-electron chi connectivity index (χ1n) is 23.4. The summed E-state index contributed by atoms with van der Waals surface area (Å²) in [4.78, 5) is 46.5. The zero-order chi connectivity index (χ0) is 50.0. The summed E-state index contributed by atoms with van der Waals surface area (Å²) in [6.07, 6.45) is 6.02. The van der Waals surface area contributed by atoms with Gasteiger partial charge < -0.3 is 53.3 Å². The van der Waals surface area contributed by atoms with Crippen molar-refractivity contribution in [1.29, 1.82) is 0 Å². The first kappa shape index (κ1) is 53.4. The van der Waals surface area contributed by atoms with Gasteiger partial charge in [-0.15, -0.1) is 18.2 Å². The maximum atomic E-state index is 14.4. The molecule has 20 heteroatoms. The van der Waals surface area contributed by atoms with Gasteiger partial charge in [0.2, 0.25) is 5.79 Å². The monoisotopic (exact) mass is 994 g/mol. The highest BCUT2D eigenvalue weighted by Crippen LogP contribution is 2.62. The summed E-state index contributed by atoms with van der Waals surface area (Å²) in [6.45, 7) is 3.54. The number of hydrogen-bond donors (Lipinski definition) is 4. The number of carbonyl (C=O) groups is 2. The van der Waals surface area contributed by atoms with Crippen LogP contribution in [0.25, 0.3) is 0 Å². The molecule has 1 fully saturated rings. The second kappa shape index (κ2) is 26.3. The van der Waals surface area contributed by atoms with Gasteiger partial charge in [0.15, 0.2) is 0 Å². The van der Waals surface area contributed by atoms with Crippen molar-refractivity contribution in [2.75, 3.05) is 78.2 Å². The number of rotatable bonds is 27. The lowest BCUT2D eigenvalue weighted by atomic mass is 9.55. The van der Waals surface area contributed by atoms with Crippen LogP contribution < -0.4 is 24.3 Å². The number of nitro groups is 1. The maximum Gasteiger partial charge on any atom is 0.417 e. The fourth-order valence-corrected chi connectivity index (χ4v) is 9.74. The van der Waals surface area contributed by atoms with Crippen LogP contribution in [0.5, 0.6) is 23.0 Å². The molecule has 0 spiro atoms. The SMILES string of the molecule is C=CCO[C@@]12Oc3ccc(OC(=O)Nc4ccc(OC)cc4OC)cc3[C@H]3[C@H](CCCCO)[C@@H](CCCCO)C=C(C(=NOCc4ccc([N+](=O)[O-])cc4)C[C@@H]1N(CCOCCO)C(=O)OCCCl)[C@H]32. The minimum absolute atomic E-state index is 0.00293. The minimum atomic E-state index is -1.66. The molecule has 19 nitrogen and oxygen atoms in total. The number of halogens is 1. The molecule has 0 aromatic heterocycles. The van der Waals surface area contributed by atoms with Crippen LogP contribution in [0.1, 0.15) is 62.0 Å². The molecule has 3 aromatic carbocycles. The van der Waals surface area contributed by atoms with Gasteiger partial charge in [-0.1, -0.05) is 30.1 Å². The molecular weight excluding hydrogens is 932 g/mol. The smallest absolute Gasteiger partial charge is 0.417 e. The normalized spacial score (nSPS) is 21.5. The van der Waals surface area contributed by atoms with Gasteiger partial charge in [-0.2, -0.15) is 0 Å². The van der Waals surface area contributed by atoms with Crippen molar-refractivity contribution in [3.8, 4) is 23.0 Å². The molecule has 6 atom stereocenters. The van der Waals surface area contributed by atoms with E-state index in [0.717, 1.165) is 5.57 Å². The van der Waals surface area contributed by atoms with E-state index in [4.69, 9.17) is 54.8 Å². The lowest BCUT2D eigenvalue weighted by Crippen LogP contribution is -2.70. The van der Waals surface area contributed by atoms with Crippen LogP contribution in [0.3, 0.4) is 0 Å². The second-order valence-electron chi connectivity index (χ2n) is 16.9. The Hall–Kier alpha value is -5.96. The number of alkyl halides is 1. The molecule has 0 saturated heterocycles. The van der Waals surface area contributed by atoms with Gasteiger partial charge >= 0.3 is 12.2 Å². The van der Waals surface area contributed by atoms with E-state index in [1.807, 2.05) is 0 Å². The third kappa shape index (κ3) is 12.9. The third-order valence-corrected chi connectivity index (χ3v) is 12.8. The number of ether oxygens (including phenoxy) is 7. The molecule has 0 bridgehead atoms. The summed E-state index contributed by atoms with van der Waals surface area (Å²) >= 11 is 6.04. The Kier molecular flexibility index (Phi) is 20.1. The van der Waals surface area contributed by atoms with Crippen molar-refractivity contribution in [3.05, 3.63) is 106 Å². The first-order chi connectivity index (χ1) is 34.0. The highest BCUT2D eigenvalue weighted by Gasteiger charge is 2.65. The number of methoxy groups -OCH3 is 2. The van der Waals surface area contributed by atoms with E-state index in [0.29, 0.717) is 78.3 Å². The molecule has 0 unspecified atom stereocenters. The quantitative estimate of drug-likeness (QED) is 0.0188. The fourth-order valence-electron chi connectivity index (χ4n) is 9.67. The van der Waals surface area contributed by atoms with Crippen molar-refractivity contribution in [3.63, 3.8) is 0 Å². The van der Waals surface area contributed by atoms with Crippen molar-refractivity contribution in [2.24, 2.45) is 22.9 Å². The van der Waals surface area contributed by atoms with Crippen molar-refractivity contribution < 1.29 is 67.8 Å². The Morgan fingerprint density at radius 3 is 2.41 bits per heavy atom. The van der Waals surface area contributed by atoms with Gasteiger partial charge in [0.05, 0.1) is 68.8 Å². The van der Waals surface area contributed by atoms with Gasteiger partial charge in [0.25, 0.3) is 5.69 Å². The average molecular weight is 996 g/mol. The predicted molar refractivity (Wildman–Crippen MR) is 259 cm³/mol. The number of fused-ring (bicyclic) bond motifs is 2. The summed E-state index contributed by atoms with van der Waals surface area (Å²) in [5.74, 6) is -1.64. The van der Waals surface area contributed by atoms with Crippen molar-refractivity contribution in [1.82, 2.24) is 4.90 Å². The number of unbranched alkanes of at least 4 members (excludes halogenated alkanes) is 2. The number of aliphatic hydroxyl groups is 3. The number of benzene rings is 3. The molecule has 70 heavy (non-hydrogen) atoms. The van der Waals surface area contributed by atoms with E-state index >= 15 is 0 Å². The average Bonchev–Trinajstić information content (AvgIpc) is 3.36. The standard InChI is InChI=1S/C50H63ClN4O15/c1-4-24-67-50-45(54(20-26-65-27-23-58)49(60)66-25-19-51)31-42(53-68-32-33-11-13-35(14-12-33)55(61)62)39-28-34(9-5-7-21-56)38(10-6-8-22-57)46(47(39)50)40-29-37(16-18-43(40)70-50)69-48(59)52-41-17-15-36(63-2)30-44(41)64-3/h4,11-18,28-30,34,38,45-47,56-58H,1,5-10,19-27,31-32H2,2-3H3,(H,52,59)/t34-,38+,45-,46+,47+,50+/m0/s1. The highest BCUT2D eigenvalue weighted by molar-refractivity contribution is 6.18. The summed E-state index contributed by atoms with van der Waals surface area (Å²) < 4.78 is 42.4. The number of aliphatic hydroxyl groups excluding tert-OH is 3. The lowest BCUT2D eigenvalue weighted by molar-refractivity contribution is -0.384. The zero-order valence-corrected chi connectivity index (χ0v) is 40.3. The molecular formula is C50H63ClN4O15. The number of nitro benzene ring substituents is 1.